The molecule has 1 aliphatic rings. The molecule has 1 aromatic carbocycles. The number of rotatable bonds is 3. The smallest absolute Gasteiger partial charge is 0.261 e. The molecule has 1 amide bonds. The van der Waals surface area contributed by atoms with Crippen molar-refractivity contribution in [3.8, 4) is 6.07 Å². The number of nitrogens with one attached hydrogen (secondary N) is 1. The van der Waals surface area contributed by atoms with Crippen molar-refractivity contribution in [2.24, 2.45) is 0 Å². The number of hydrogen-bond acceptors (Lipinski definition) is 4. The highest BCUT2D eigenvalue weighted by molar-refractivity contribution is 5.80. The van der Waals surface area contributed by atoms with Gasteiger partial charge >= 0.3 is 0 Å². The third-order valence-electron chi connectivity index (χ3n) is 4.34. The molecule has 2 aromatic rings. The average molecular weight is 310 g/mol. The molecule has 1 heterocycles. The molecular formula is C17H18N4O2. The molecule has 0 unspecified atom stereocenters. The Morgan fingerprint density at radius 2 is 2.17 bits per heavy atom. The van der Waals surface area contributed by atoms with E-state index >= 15 is 0 Å². The zero-order valence-corrected chi connectivity index (χ0v) is 13.0. The van der Waals surface area contributed by atoms with Gasteiger partial charge < -0.3 is 5.32 Å². The number of carbonyl (C=O) groups is 1. The van der Waals surface area contributed by atoms with Crippen LogP contribution in [-0.2, 0) is 11.3 Å². The summed E-state index contributed by atoms with van der Waals surface area (Å²) >= 11 is 0. The van der Waals surface area contributed by atoms with Crippen LogP contribution in [-0.4, -0.2) is 21.0 Å². The maximum Gasteiger partial charge on any atom is 0.261 e. The lowest BCUT2D eigenvalue weighted by atomic mass is 10.00. The Balaban J connectivity index is 1.84. The molecule has 1 fully saturated rings. The molecule has 0 atom stereocenters. The second-order valence-electron chi connectivity index (χ2n) is 6.15. The number of hydrogen-bond donors (Lipinski definition) is 1. The van der Waals surface area contributed by atoms with E-state index in [0.29, 0.717) is 23.7 Å². The number of benzene rings is 1. The van der Waals surface area contributed by atoms with Gasteiger partial charge in [-0.15, -0.1) is 0 Å². The van der Waals surface area contributed by atoms with Crippen molar-refractivity contribution in [1.29, 1.82) is 5.26 Å². The second-order valence-corrected chi connectivity index (χ2v) is 6.15. The molecule has 6 nitrogen and oxygen atoms in total. The van der Waals surface area contributed by atoms with Crippen LogP contribution in [0, 0.1) is 18.3 Å². The standard InChI is InChI=1S/C17H18N4O2/c1-12-4-5-14-13(8-12)16(23)21(11-19-14)9-15(22)20-17(10-18)6-2-3-7-17/h4-5,8,11H,2-3,6-7,9H2,1H3,(H,20,22). The first-order valence-corrected chi connectivity index (χ1v) is 7.71. The van der Waals surface area contributed by atoms with E-state index in [1.165, 1.54) is 10.9 Å². The minimum Gasteiger partial charge on any atom is -0.336 e. The average Bonchev–Trinajstić information content (AvgIpc) is 2.99. The molecule has 0 bridgehead atoms. The van der Waals surface area contributed by atoms with Gasteiger partial charge in [-0.3, -0.25) is 14.2 Å². The van der Waals surface area contributed by atoms with Gasteiger partial charge in [-0.2, -0.15) is 5.26 Å². The third kappa shape index (κ3) is 2.95. The van der Waals surface area contributed by atoms with Crippen molar-refractivity contribution in [1.82, 2.24) is 14.9 Å². The summed E-state index contributed by atoms with van der Waals surface area (Å²) in [6.45, 7) is 1.78. The number of aryl methyl sites for hydroxylation is 1. The fraction of sp³-hybridized carbons (Fsp3) is 0.412. The van der Waals surface area contributed by atoms with Gasteiger partial charge in [0.1, 0.15) is 12.1 Å². The predicted octanol–water partition coefficient (Wildman–Crippen LogP) is 1.66. The van der Waals surface area contributed by atoms with Crippen molar-refractivity contribution in [2.45, 2.75) is 44.7 Å². The maximum absolute atomic E-state index is 12.5. The van der Waals surface area contributed by atoms with E-state index in [9.17, 15) is 14.9 Å². The maximum atomic E-state index is 12.5. The summed E-state index contributed by atoms with van der Waals surface area (Å²) in [5.74, 6) is -0.329. The van der Waals surface area contributed by atoms with Gasteiger partial charge in [0.25, 0.3) is 5.56 Å². The van der Waals surface area contributed by atoms with E-state index in [0.717, 1.165) is 18.4 Å². The van der Waals surface area contributed by atoms with E-state index in [2.05, 4.69) is 16.4 Å². The molecular weight excluding hydrogens is 292 g/mol. The molecule has 1 aliphatic carbocycles. The van der Waals surface area contributed by atoms with Gasteiger partial charge in [0.05, 0.1) is 23.3 Å². The van der Waals surface area contributed by atoms with Crippen LogP contribution in [0.25, 0.3) is 10.9 Å². The molecule has 6 heteroatoms. The van der Waals surface area contributed by atoms with E-state index in [4.69, 9.17) is 0 Å². The Hall–Kier alpha value is -2.68. The molecule has 0 spiro atoms. The SMILES string of the molecule is Cc1ccc2ncn(CC(=O)NC3(C#N)CCCC3)c(=O)c2c1. The molecule has 0 radical (unpaired) electrons. The van der Waals surface area contributed by atoms with E-state index in [1.54, 1.807) is 12.1 Å². The second kappa shape index (κ2) is 5.84. The van der Waals surface area contributed by atoms with Gasteiger partial charge in [-0.05, 0) is 44.7 Å². The molecule has 1 saturated carbocycles. The minimum atomic E-state index is -0.776. The lowest BCUT2D eigenvalue weighted by Gasteiger charge is -2.22. The molecule has 23 heavy (non-hydrogen) atoms. The first-order valence-electron chi connectivity index (χ1n) is 7.71. The molecule has 118 valence electrons. The van der Waals surface area contributed by atoms with E-state index in [1.807, 2.05) is 13.0 Å². The molecule has 0 saturated heterocycles. The van der Waals surface area contributed by atoms with Crippen LogP contribution in [0.1, 0.15) is 31.2 Å². The fourth-order valence-electron chi connectivity index (χ4n) is 3.09. The van der Waals surface area contributed by atoms with Gasteiger partial charge in [0.15, 0.2) is 0 Å². The van der Waals surface area contributed by atoms with E-state index in [-0.39, 0.29) is 18.0 Å². The Bertz CT molecular complexity index is 857. The van der Waals surface area contributed by atoms with Crippen LogP contribution in [0.15, 0.2) is 29.3 Å². The van der Waals surface area contributed by atoms with Crippen molar-refractivity contribution < 1.29 is 4.79 Å². The van der Waals surface area contributed by atoms with Crippen LogP contribution in [0.4, 0.5) is 0 Å². The Morgan fingerprint density at radius 1 is 1.43 bits per heavy atom. The zero-order valence-electron chi connectivity index (χ0n) is 13.0. The Kier molecular flexibility index (Phi) is 3.87. The molecule has 0 aliphatic heterocycles. The van der Waals surface area contributed by atoms with Crippen molar-refractivity contribution in [3.05, 3.63) is 40.4 Å². The topological polar surface area (TPSA) is 87.8 Å². The van der Waals surface area contributed by atoms with Crippen LogP contribution in [0.3, 0.4) is 0 Å². The van der Waals surface area contributed by atoms with Crippen LogP contribution < -0.4 is 10.9 Å². The number of nitrogens with zero attached hydrogens (tertiary/aromatic N) is 3. The van der Waals surface area contributed by atoms with Crippen LogP contribution in [0.5, 0.6) is 0 Å². The highest BCUT2D eigenvalue weighted by Crippen LogP contribution is 2.28. The highest BCUT2D eigenvalue weighted by Gasteiger charge is 2.35. The lowest BCUT2D eigenvalue weighted by molar-refractivity contribution is -0.123. The highest BCUT2D eigenvalue weighted by atomic mass is 16.2. The predicted molar refractivity (Wildman–Crippen MR) is 85.7 cm³/mol. The van der Waals surface area contributed by atoms with Gasteiger partial charge in [-0.1, -0.05) is 11.6 Å². The minimum absolute atomic E-state index is 0.126. The first kappa shape index (κ1) is 15.2. The summed E-state index contributed by atoms with van der Waals surface area (Å²) in [5, 5.41) is 12.6. The quantitative estimate of drug-likeness (QED) is 0.934. The monoisotopic (exact) mass is 310 g/mol. The summed E-state index contributed by atoms with van der Waals surface area (Å²) in [6, 6.07) is 7.66. The lowest BCUT2D eigenvalue weighted by Crippen LogP contribution is -2.47. The van der Waals surface area contributed by atoms with Crippen LogP contribution in [0.2, 0.25) is 0 Å². The number of aromatic nitrogens is 2. The Morgan fingerprint density at radius 3 is 2.87 bits per heavy atom. The third-order valence-corrected chi connectivity index (χ3v) is 4.34. The number of amides is 1. The summed E-state index contributed by atoms with van der Waals surface area (Å²) in [6.07, 6.45) is 4.58. The first-order chi connectivity index (χ1) is 11.0. The number of nitriles is 1. The van der Waals surface area contributed by atoms with Crippen molar-refractivity contribution in [3.63, 3.8) is 0 Å². The number of fused-ring (bicyclic) bond motifs is 1. The van der Waals surface area contributed by atoms with Crippen molar-refractivity contribution >= 4 is 16.8 Å². The summed E-state index contributed by atoms with van der Waals surface area (Å²) in [4.78, 5) is 28.9. The van der Waals surface area contributed by atoms with Crippen LogP contribution >= 0.6 is 0 Å². The Labute approximate surface area is 133 Å². The summed E-state index contributed by atoms with van der Waals surface area (Å²) in [7, 11) is 0. The molecule has 1 aromatic heterocycles. The fourth-order valence-corrected chi connectivity index (χ4v) is 3.09. The summed E-state index contributed by atoms with van der Waals surface area (Å²) in [5.41, 5.74) is 0.558. The molecule has 3 rings (SSSR count). The van der Waals surface area contributed by atoms with Gasteiger partial charge in [0, 0.05) is 0 Å². The van der Waals surface area contributed by atoms with Gasteiger partial charge in [0.2, 0.25) is 5.91 Å². The van der Waals surface area contributed by atoms with Gasteiger partial charge in [-0.25, -0.2) is 4.98 Å². The number of carbonyl (C=O) groups excluding carboxylic acids is 1. The molecule has 1 N–H and O–H groups in total. The van der Waals surface area contributed by atoms with Crippen molar-refractivity contribution in [2.75, 3.05) is 0 Å². The van der Waals surface area contributed by atoms with E-state index < -0.39 is 5.54 Å². The zero-order chi connectivity index (χ0) is 16.4. The largest absolute Gasteiger partial charge is 0.336 e. The normalized spacial score (nSPS) is 16.2. The summed E-state index contributed by atoms with van der Waals surface area (Å²) < 4.78 is 1.29.